The van der Waals surface area contributed by atoms with Crippen molar-refractivity contribution in [2.24, 2.45) is 0 Å². The molecule has 3 nitrogen and oxygen atoms in total. The van der Waals surface area contributed by atoms with Gasteiger partial charge in [0, 0.05) is 18.9 Å². The summed E-state index contributed by atoms with van der Waals surface area (Å²) in [6.07, 6.45) is 1.08. The molecule has 0 heterocycles. The Morgan fingerprint density at radius 2 is 1.67 bits per heavy atom. The van der Waals surface area contributed by atoms with Crippen LogP contribution in [-0.4, -0.2) is 35.2 Å². The van der Waals surface area contributed by atoms with Crippen molar-refractivity contribution >= 4 is 9.28 Å². The Kier molecular flexibility index (Phi) is 7.79. The molecule has 1 N–H and O–H groups in total. The van der Waals surface area contributed by atoms with E-state index in [0.29, 0.717) is 5.67 Å². The normalized spacial score (nSPS) is 13.8. The molecule has 0 radical (unpaired) electrons. The zero-order valence-electron chi connectivity index (χ0n) is 8.59. The minimum atomic E-state index is -1.46. The van der Waals surface area contributed by atoms with Crippen LogP contribution in [0.4, 0.5) is 0 Å². The molecule has 0 rings (SSSR count). The van der Waals surface area contributed by atoms with E-state index < -0.39 is 9.28 Å². The first-order valence-corrected chi connectivity index (χ1v) is 6.31. The lowest BCUT2D eigenvalue weighted by Gasteiger charge is -2.22. The van der Waals surface area contributed by atoms with E-state index in [9.17, 15) is 0 Å². The van der Waals surface area contributed by atoms with Gasteiger partial charge in [0.15, 0.2) is 0 Å². The molecule has 0 aromatic heterocycles. The number of hydrogen-bond donors (Lipinski definition) is 1. The van der Waals surface area contributed by atoms with Crippen molar-refractivity contribution < 1.29 is 8.85 Å². The highest BCUT2D eigenvalue weighted by atomic mass is 28.3. The maximum Gasteiger partial charge on any atom is 0.338 e. The molecule has 4 heteroatoms. The van der Waals surface area contributed by atoms with Crippen LogP contribution >= 0.6 is 0 Å². The van der Waals surface area contributed by atoms with Crippen LogP contribution in [0.1, 0.15) is 27.2 Å². The second-order valence-corrected chi connectivity index (χ2v) is 4.79. The van der Waals surface area contributed by atoms with Gasteiger partial charge in [-0.15, -0.1) is 0 Å². The van der Waals surface area contributed by atoms with Gasteiger partial charge in [0.1, 0.15) is 0 Å². The average Bonchev–Trinajstić information content (AvgIpc) is 2.07. The van der Waals surface area contributed by atoms with Gasteiger partial charge < -0.3 is 14.2 Å². The van der Waals surface area contributed by atoms with Crippen molar-refractivity contribution in [1.82, 2.24) is 5.32 Å². The quantitative estimate of drug-likeness (QED) is 0.604. The van der Waals surface area contributed by atoms with Gasteiger partial charge >= 0.3 is 9.28 Å². The minimum Gasteiger partial charge on any atom is -0.396 e. The van der Waals surface area contributed by atoms with Crippen LogP contribution in [0.5, 0.6) is 0 Å². The third-order valence-electron chi connectivity index (χ3n) is 1.80. The fourth-order valence-corrected chi connectivity index (χ4v) is 3.02. The van der Waals surface area contributed by atoms with E-state index in [2.05, 4.69) is 12.2 Å². The molecular weight excluding hydrogens is 170 g/mol. The Morgan fingerprint density at radius 3 is 1.92 bits per heavy atom. The molecule has 0 aromatic rings. The van der Waals surface area contributed by atoms with Crippen LogP contribution in [0.2, 0.25) is 0 Å². The largest absolute Gasteiger partial charge is 0.396 e. The Balaban J connectivity index is 3.86. The van der Waals surface area contributed by atoms with Gasteiger partial charge in [0.2, 0.25) is 0 Å². The van der Waals surface area contributed by atoms with E-state index in [0.717, 1.165) is 19.6 Å². The van der Waals surface area contributed by atoms with Crippen molar-refractivity contribution in [3.63, 3.8) is 0 Å². The van der Waals surface area contributed by atoms with Crippen LogP contribution < -0.4 is 5.32 Å². The van der Waals surface area contributed by atoms with Crippen LogP contribution in [0.15, 0.2) is 0 Å². The monoisotopic (exact) mass is 191 g/mol. The molecular formula is C8H21NO2Si. The molecule has 12 heavy (non-hydrogen) atoms. The molecule has 0 saturated heterocycles. The van der Waals surface area contributed by atoms with Crippen LogP contribution in [0.25, 0.3) is 0 Å². The first kappa shape index (κ1) is 12.1. The Bertz CT molecular complexity index is 93.1. The van der Waals surface area contributed by atoms with Gasteiger partial charge in [0.25, 0.3) is 0 Å². The van der Waals surface area contributed by atoms with Crippen molar-refractivity contribution in [3.8, 4) is 0 Å². The Hall–Kier alpha value is 0.0969. The summed E-state index contributed by atoms with van der Waals surface area (Å²) in [5, 5.41) is 3.23. The van der Waals surface area contributed by atoms with Gasteiger partial charge in [-0.1, -0.05) is 6.92 Å². The van der Waals surface area contributed by atoms with Crippen molar-refractivity contribution in [1.29, 1.82) is 0 Å². The summed E-state index contributed by atoms with van der Waals surface area (Å²) < 4.78 is 11.2. The highest BCUT2D eigenvalue weighted by molar-refractivity contribution is 6.46. The molecule has 0 fully saturated rings. The molecule has 74 valence electrons. The zero-order chi connectivity index (χ0) is 9.40. The predicted molar refractivity (Wildman–Crippen MR) is 53.5 cm³/mol. The summed E-state index contributed by atoms with van der Waals surface area (Å²) in [6.45, 7) is 7.70. The molecule has 0 amide bonds. The summed E-state index contributed by atoms with van der Waals surface area (Å²) in [5.41, 5.74) is 0.435. The standard InChI is InChI=1S/C8H21NO2Si/c1-5-8(9-4)12(10-6-2)11-7-3/h8-9,12H,5-7H2,1-4H3. The van der Waals surface area contributed by atoms with Crippen molar-refractivity contribution in [2.75, 3.05) is 20.3 Å². The minimum absolute atomic E-state index is 0.435. The number of rotatable bonds is 7. The summed E-state index contributed by atoms with van der Waals surface area (Å²) in [7, 11) is 0.505. The third kappa shape index (κ3) is 4.20. The summed E-state index contributed by atoms with van der Waals surface area (Å²) in [4.78, 5) is 0. The van der Waals surface area contributed by atoms with Crippen molar-refractivity contribution in [3.05, 3.63) is 0 Å². The third-order valence-corrected chi connectivity index (χ3v) is 4.59. The Labute approximate surface area is 77.3 Å². The molecule has 0 spiro atoms. The molecule has 1 unspecified atom stereocenters. The van der Waals surface area contributed by atoms with Gasteiger partial charge in [-0.3, -0.25) is 0 Å². The first-order chi connectivity index (χ1) is 5.79. The summed E-state index contributed by atoms with van der Waals surface area (Å²) in [5.74, 6) is 0. The second kappa shape index (κ2) is 7.73. The van der Waals surface area contributed by atoms with Crippen LogP contribution in [0.3, 0.4) is 0 Å². The molecule has 0 aliphatic rings. The maximum atomic E-state index is 5.58. The van der Waals surface area contributed by atoms with E-state index in [4.69, 9.17) is 8.85 Å². The van der Waals surface area contributed by atoms with Gasteiger partial charge in [-0.05, 0) is 27.3 Å². The smallest absolute Gasteiger partial charge is 0.338 e. The van der Waals surface area contributed by atoms with E-state index in [1.165, 1.54) is 0 Å². The van der Waals surface area contributed by atoms with Crippen LogP contribution in [-0.2, 0) is 8.85 Å². The highest BCUT2D eigenvalue weighted by Crippen LogP contribution is 2.00. The molecule has 0 saturated carbocycles. The summed E-state index contributed by atoms with van der Waals surface area (Å²) >= 11 is 0. The molecule has 0 bridgehead atoms. The van der Waals surface area contributed by atoms with Gasteiger partial charge in [-0.25, -0.2) is 0 Å². The number of hydrogen-bond acceptors (Lipinski definition) is 3. The van der Waals surface area contributed by atoms with Crippen LogP contribution in [0, 0.1) is 0 Å². The molecule has 0 aromatic carbocycles. The van der Waals surface area contributed by atoms with Gasteiger partial charge in [0.05, 0.1) is 0 Å². The zero-order valence-corrected chi connectivity index (χ0v) is 9.75. The second-order valence-electron chi connectivity index (χ2n) is 2.58. The summed E-state index contributed by atoms with van der Waals surface area (Å²) in [6, 6.07) is 0. The first-order valence-electron chi connectivity index (χ1n) is 4.70. The lowest BCUT2D eigenvalue weighted by atomic mass is 10.5. The lowest BCUT2D eigenvalue weighted by Crippen LogP contribution is -2.45. The average molecular weight is 191 g/mol. The highest BCUT2D eigenvalue weighted by Gasteiger charge is 2.22. The van der Waals surface area contributed by atoms with E-state index in [-0.39, 0.29) is 0 Å². The predicted octanol–water partition coefficient (Wildman–Crippen LogP) is 0.817. The van der Waals surface area contributed by atoms with E-state index in [1.54, 1.807) is 0 Å². The van der Waals surface area contributed by atoms with E-state index in [1.807, 2.05) is 20.9 Å². The molecule has 0 aliphatic carbocycles. The fourth-order valence-electron chi connectivity index (χ4n) is 1.14. The topological polar surface area (TPSA) is 30.5 Å². The maximum absolute atomic E-state index is 5.58. The number of nitrogens with one attached hydrogen (secondary N) is 1. The van der Waals surface area contributed by atoms with Gasteiger partial charge in [-0.2, -0.15) is 0 Å². The van der Waals surface area contributed by atoms with E-state index >= 15 is 0 Å². The Morgan fingerprint density at radius 1 is 1.17 bits per heavy atom. The lowest BCUT2D eigenvalue weighted by molar-refractivity contribution is 0.200. The molecule has 0 aliphatic heterocycles. The fraction of sp³-hybridized carbons (Fsp3) is 1.00. The SMILES string of the molecule is CCO[SiH](OCC)C(CC)NC. The van der Waals surface area contributed by atoms with Crippen molar-refractivity contribution in [2.45, 2.75) is 32.9 Å². The molecule has 1 atom stereocenters.